The summed E-state index contributed by atoms with van der Waals surface area (Å²) in [6, 6.07) is 0.374. The second-order valence-electron chi connectivity index (χ2n) is 3.44. The Kier molecular flexibility index (Phi) is 5.91. The molecule has 0 bridgehead atoms. The lowest BCUT2D eigenvalue weighted by Gasteiger charge is -2.08. The summed E-state index contributed by atoms with van der Waals surface area (Å²) in [4.78, 5) is 11.5. The first-order valence-electron chi connectivity index (χ1n) is 5.27. The van der Waals surface area contributed by atoms with Gasteiger partial charge < -0.3 is 15.2 Å². The number of carbonyl (C=O) groups is 1. The predicted molar refractivity (Wildman–Crippen MR) is 61.9 cm³/mol. The molecule has 0 unspecified atom stereocenters. The molecule has 1 aromatic carbocycles. The standard InChI is InChI=1S/C11H11ClF3NO3/c12-1-3-19-4-2-16-11(18)6-5-7(13)9(15)10(17)8(6)14/h5,17H,1-4H2,(H,16,18). The molecular weight excluding hydrogens is 287 g/mol. The molecule has 0 aliphatic carbocycles. The number of carbonyl (C=O) groups excluding carboxylic acids is 1. The highest BCUT2D eigenvalue weighted by Crippen LogP contribution is 2.25. The first-order valence-corrected chi connectivity index (χ1v) is 5.80. The number of halogens is 4. The lowest BCUT2D eigenvalue weighted by atomic mass is 10.1. The van der Waals surface area contributed by atoms with Gasteiger partial charge in [-0.2, -0.15) is 4.39 Å². The highest BCUT2D eigenvalue weighted by Gasteiger charge is 2.22. The molecule has 0 aliphatic rings. The van der Waals surface area contributed by atoms with Crippen molar-refractivity contribution in [2.75, 3.05) is 25.6 Å². The van der Waals surface area contributed by atoms with Crippen molar-refractivity contribution in [2.45, 2.75) is 0 Å². The second-order valence-corrected chi connectivity index (χ2v) is 3.82. The molecule has 0 radical (unpaired) electrons. The number of alkyl halides is 1. The first kappa shape index (κ1) is 15.6. The molecule has 0 fully saturated rings. The number of rotatable bonds is 6. The van der Waals surface area contributed by atoms with E-state index < -0.39 is 34.7 Å². The number of benzene rings is 1. The van der Waals surface area contributed by atoms with Crippen LogP contribution in [-0.4, -0.2) is 36.7 Å². The number of amides is 1. The Balaban J connectivity index is 2.67. The van der Waals surface area contributed by atoms with Crippen molar-refractivity contribution in [3.63, 3.8) is 0 Å². The quantitative estimate of drug-likeness (QED) is 0.478. The summed E-state index contributed by atoms with van der Waals surface area (Å²) in [6.45, 7) is 0.461. The fourth-order valence-electron chi connectivity index (χ4n) is 1.24. The molecule has 8 heteroatoms. The van der Waals surface area contributed by atoms with Crippen LogP contribution in [0.2, 0.25) is 0 Å². The molecule has 0 atom stereocenters. The van der Waals surface area contributed by atoms with Gasteiger partial charge >= 0.3 is 0 Å². The zero-order valence-electron chi connectivity index (χ0n) is 9.68. The third-order valence-electron chi connectivity index (χ3n) is 2.13. The van der Waals surface area contributed by atoms with Gasteiger partial charge in [-0.05, 0) is 6.07 Å². The van der Waals surface area contributed by atoms with Crippen LogP contribution in [0.5, 0.6) is 5.75 Å². The van der Waals surface area contributed by atoms with Crippen LogP contribution in [0.3, 0.4) is 0 Å². The van der Waals surface area contributed by atoms with Crippen molar-refractivity contribution in [3.05, 3.63) is 29.1 Å². The van der Waals surface area contributed by atoms with Gasteiger partial charge in [0.25, 0.3) is 5.91 Å². The highest BCUT2D eigenvalue weighted by atomic mass is 35.5. The molecule has 4 nitrogen and oxygen atoms in total. The van der Waals surface area contributed by atoms with E-state index in [0.29, 0.717) is 11.9 Å². The highest BCUT2D eigenvalue weighted by molar-refractivity contribution is 6.17. The van der Waals surface area contributed by atoms with Crippen LogP contribution in [0.1, 0.15) is 10.4 Å². The summed E-state index contributed by atoms with van der Waals surface area (Å²) < 4.78 is 44.0. The van der Waals surface area contributed by atoms with E-state index in [1.807, 2.05) is 0 Å². The summed E-state index contributed by atoms with van der Waals surface area (Å²) in [5.41, 5.74) is -0.784. The summed E-state index contributed by atoms with van der Waals surface area (Å²) in [5.74, 6) is -6.98. The lowest BCUT2D eigenvalue weighted by molar-refractivity contribution is 0.0918. The van der Waals surface area contributed by atoms with Crippen molar-refractivity contribution in [1.29, 1.82) is 0 Å². The minimum Gasteiger partial charge on any atom is -0.503 e. The number of hydrogen-bond donors (Lipinski definition) is 2. The van der Waals surface area contributed by atoms with Crippen molar-refractivity contribution in [3.8, 4) is 5.75 Å². The number of hydrogen-bond acceptors (Lipinski definition) is 3. The number of ether oxygens (including phenoxy) is 1. The lowest BCUT2D eigenvalue weighted by Crippen LogP contribution is -2.28. The van der Waals surface area contributed by atoms with E-state index in [0.717, 1.165) is 0 Å². The van der Waals surface area contributed by atoms with E-state index in [4.69, 9.17) is 21.4 Å². The van der Waals surface area contributed by atoms with Gasteiger partial charge in [0, 0.05) is 12.4 Å². The molecule has 2 N–H and O–H groups in total. The molecule has 1 rings (SSSR count). The Morgan fingerprint density at radius 2 is 2.00 bits per heavy atom. The Labute approximate surface area is 112 Å². The van der Waals surface area contributed by atoms with Crippen LogP contribution in [0.25, 0.3) is 0 Å². The van der Waals surface area contributed by atoms with E-state index in [-0.39, 0.29) is 19.8 Å². The molecule has 0 aliphatic heterocycles. The molecule has 1 amide bonds. The monoisotopic (exact) mass is 297 g/mol. The average Bonchev–Trinajstić information content (AvgIpc) is 2.40. The minimum atomic E-state index is -1.74. The third kappa shape index (κ3) is 4.00. The van der Waals surface area contributed by atoms with Gasteiger partial charge in [-0.25, -0.2) is 8.78 Å². The fraction of sp³-hybridized carbons (Fsp3) is 0.364. The zero-order chi connectivity index (χ0) is 14.4. The molecule has 0 saturated heterocycles. The number of phenolic OH excluding ortho intramolecular Hbond substituents is 1. The van der Waals surface area contributed by atoms with Gasteiger partial charge in [0.1, 0.15) is 0 Å². The minimum absolute atomic E-state index is 0.0366. The molecule has 0 saturated carbocycles. The maximum atomic E-state index is 13.4. The van der Waals surface area contributed by atoms with Gasteiger partial charge in [-0.3, -0.25) is 4.79 Å². The Hall–Kier alpha value is -1.47. The van der Waals surface area contributed by atoms with Crippen molar-refractivity contribution in [2.24, 2.45) is 0 Å². The predicted octanol–water partition coefficient (Wildman–Crippen LogP) is 1.79. The largest absolute Gasteiger partial charge is 0.503 e. The van der Waals surface area contributed by atoms with Crippen LogP contribution in [0.4, 0.5) is 13.2 Å². The van der Waals surface area contributed by atoms with E-state index in [1.54, 1.807) is 0 Å². The summed E-state index contributed by atoms with van der Waals surface area (Å²) >= 11 is 5.34. The number of phenols is 1. The van der Waals surface area contributed by atoms with Crippen LogP contribution >= 0.6 is 11.6 Å². The maximum Gasteiger partial charge on any atom is 0.254 e. The van der Waals surface area contributed by atoms with Crippen LogP contribution in [0, 0.1) is 17.5 Å². The topological polar surface area (TPSA) is 58.6 Å². The van der Waals surface area contributed by atoms with Crippen molar-refractivity contribution >= 4 is 17.5 Å². The van der Waals surface area contributed by atoms with Crippen LogP contribution < -0.4 is 5.32 Å². The molecule has 1 aromatic rings. The zero-order valence-corrected chi connectivity index (χ0v) is 10.4. The first-order chi connectivity index (χ1) is 8.99. The molecular formula is C11H11ClF3NO3. The van der Waals surface area contributed by atoms with E-state index in [1.165, 1.54) is 0 Å². The maximum absolute atomic E-state index is 13.4. The SMILES string of the molecule is O=C(NCCOCCCl)c1cc(F)c(F)c(O)c1F. The molecule has 19 heavy (non-hydrogen) atoms. The van der Waals surface area contributed by atoms with Gasteiger partial charge in [-0.1, -0.05) is 0 Å². The van der Waals surface area contributed by atoms with E-state index in [9.17, 15) is 18.0 Å². The van der Waals surface area contributed by atoms with E-state index >= 15 is 0 Å². The van der Waals surface area contributed by atoms with Gasteiger partial charge in [0.2, 0.25) is 5.82 Å². The molecule has 106 valence electrons. The van der Waals surface area contributed by atoms with Gasteiger partial charge in [0.15, 0.2) is 17.4 Å². The number of nitrogens with one attached hydrogen (secondary N) is 1. The molecule has 0 spiro atoms. The Morgan fingerprint density at radius 3 is 2.63 bits per heavy atom. The van der Waals surface area contributed by atoms with Crippen LogP contribution in [0.15, 0.2) is 6.07 Å². The fourth-order valence-corrected chi connectivity index (χ4v) is 1.35. The van der Waals surface area contributed by atoms with E-state index in [2.05, 4.69) is 5.32 Å². The third-order valence-corrected chi connectivity index (χ3v) is 2.29. The number of aromatic hydroxyl groups is 1. The Morgan fingerprint density at radius 1 is 1.32 bits per heavy atom. The normalized spacial score (nSPS) is 10.5. The van der Waals surface area contributed by atoms with Gasteiger partial charge in [0.05, 0.1) is 18.8 Å². The summed E-state index contributed by atoms with van der Waals surface area (Å²) in [7, 11) is 0. The molecule has 0 aromatic heterocycles. The van der Waals surface area contributed by atoms with Gasteiger partial charge in [-0.15, -0.1) is 11.6 Å². The summed E-state index contributed by atoms with van der Waals surface area (Å²) in [5, 5.41) is 11.2. The summed E-state index contributed by atoms with van der Waals surface area (Å²) in [6.07, 6.45) is 0. The van der Waals surface area contributed by atoms with Crippen molar-refractivity contribution in [1.82, 2.24) is 5.32 Å². The molecule has 0 heterocycles. The van der Waals surface area contributed by atoms with Crippen LogP contribution in [-0.2, 0) is 4.74 Å². The van der Waals surface area contributed by atoms with Crippen molar-refractivity contribution < 1.29 is 27.8 Å². The Bertz CT molecular complexity index is 471. The average molecular weight is 298 g/mol. The smallest absolute Gasteiger partial charge is 0.254 e. The second kappa shape index (κ2) is 7.20.